The van der Waals surface area contributed by atoms with Gasteiger partial charge in [0.15, 0.2) is 0 Å². The Hall–Kier alpha value is -1.42. The molecule has 2 heterocycles. The van der Waals surface area contributed by atoms with Crippen LogP contribution in [0.15, 0.2) is 6.20 Å². The summed E-state index contributed by atoms with van der Waals surface area (Å²) in [5.41, 5.74) is 3.35. The van der Waals surface area contributed by atoms with Crippen molar-refractivity contribution < 1.29 is 0 Å². The van der Waals surface area contributed by atoms with Gasteiger partial charge in [0.2, 0.25) is 0 Å². The SMILES string of the molecule is CNCc1c[nH]c2nc(C3CCCC3)nc(C)c12. The lowest BCUT2D eigenvalue weighted by Crippen LogP contribution is -2.06. The lowest BCUT2D eigenvalue weighted by molar-refractivity contribution is 0.668. The summed E-state index contributed by atoms with van der Waals surface area (Å²) < 4.78 is 0. The Bertz CT molecular complexity index is 552. The van der Waals surface area contributed by atoms with E-state index in [9.17, 15) is 0 Å². The molecule has 0 saturated heterocycles. The summed E-state index contributed by atoms with van der Waals surface area (Å²) in [5, 5.41) is 4.37. The second-order valence-electron chi connectivity index (χ2n) is 5.22. The Morgan fingerprint density at radius 3 is 2.83 bits per heavy atom. The van der Waals surface area contributed by atoms with E-state index in [1.807, 2.05) is 13.2 Å². The third kappa shape index (κ3) is 1.90. The van der Waals surface area contributed by atoms with Crippen molar-refractivity contribution in [2.75, 3.05) is 7.05 Å². The molecule has 1 fully saturated rings. The third-order valence-corrected chi connectivity index (χ3v) is 3.90. The van der Waals surface area contributed by atoms with E-state index in [0.717, 1.165) is 23.7 Å². The molecular weight excluding hydrogens is 224 g/mol. The largest absolute Gasteiger partial charge is 0.346 e. The van der Waals surface area contributed by atoms with Gasteiger partial charge in [-0.05, 0) is 32.4 Å². The first-order valence-corrected chi connectivity index (χ1v) is 6.78. The maximum absolute atomic E-state index is 4.74. The molecule has 4 nitrogen and oxygen atoms in total. The highest BCUT2D eigenvalue weighted by molar-refractivity contribution is 5.82. The van der Waals surface area contributed by atoms with Crippen molar-refractivity contribution in [1.82, 2.24) is 20.3 Å². The van der Waals surface area contributed by atoms with E-state index >= 15 is 0 Å². The van der Waals surface area contributed by atoms with E-state index in [4.69, 9.17) is 9.97 Å². The molecule has 1 aliphatic rings. The number of fused-ring (bicyclic) bond motifs is 1. The number of hydrogen-bond donors (Lipinski definition) is 2. The van der Waals surface area contributed by atoms with E-state index < -0.39 is 0 Å². The fourth-order valence-electron chi connectivity index (χ4n) is 3.01. The number of aromatic nitrogens is 3. The van der Waals surface area contributed by atoms with Gasteiger partial charge in [-0.1, -0.05) is 12.8 Å². The van der Waals surface area contributed by atoms with Gasteiger partial charge < -0.3 is 10.3 Å². The Morgan fingerprint density at radius 2 is 2.11 bits per heavy atom. The van der Waals surface area contributed by atoms with Crippen molar-refractivity contribution in [2.45, 2.75) is 45.1 Å². The zero-order valence-corrected chi connectivity index (χ0v) is 11.1. The monoisotopic (exact) mass is 244 g/mol. The number of H-pyrrole nitrogens is 1. The number of rotatable bonds is 3. The summed E-state index contributed by atoms with van der Waals surface area (Å²) >= 11 is 0. The number of aryl methyl sites for hydroxylation is 1. The second-order valence-corrected chi connectivity index (χ2v) is 5.22. The molecule has 0 aromatic carbocycles. The summed E-state index contributed by atoms with van der Waals surface area (Å²) in [5.74, 6) is 1.61. The summed E-state index contributed by atoms with van der Waals surface area (Å²) in [6.45, 7) is 2.95. The fraction of sp³-hybridized carbons (Fsp3) is 0.571. The third-order valence-electron chi connectivity index (χ3n) is 3.90. The molecule has 0 amide bonds. The molecule has 0 aliphatic heterocycles. The molecule has 96 valence electrons. The predicted molar refractivity (Wildman–Crippen MR) is 72.6 cm³/mol. The van der Waals surface area contributed by atoms with Crippen molar-refractivity contribution in [1.29, 1.82) is 0 Å². The second kappa shape index (κ2) is 4.69. The Labute approximate surface area is 107 Å². The van der Waals surface area contributed by atoms with Gasteiger partial charge in [-0.2, -0.15) is 0 Å². The Kier molecular flexibility index (Phi) is 3.04. The van der Waals surface area contributed by atoms with Crippen LogP contribution in [0.2, 0.25) is 0 Å². The minimum Gasteiger partial charge on any atom is -0.346 e. The first-order valence-electron chi connectivity index (χ1n) is 6.78. The normalized spacial score (nSPS) is 16.8. The zero-order chi connectivity index (χ0) is 12.5. The van der Waals surface area contributed by atoms with Crippen LogP contribution in [0.1, 0.15) is 48.7 Å². The number of hydrogen-bond acceptors (Lipinski definition) is 3. The van der Waals surface area contributed by atoms with Crippen LogP contribution in [0.5, 0.6) is 0 Å². The number of nitrogens with one attached hydrogen (secondary N) is 2. The van der Waals surface area contributed by atoms with Crippen molar-refractivity contribution in [3.8, 4) is 0 Å². The van der Waals surface area contributed by atoms with Gasteiger partial charge in [0.1, 0.15) is 11.5 Å². The van der Waals surface area contributed by atoms with Crippen molar-refractivity contribution in [3.05, 3.63) is 23.3 Å². The standard InChI is InChI=1S/C14H20N4/c1-9-12-11(7-15-2)8-16-14(12)18-13(17-9)10-5-3-4-6-10/h8,10,15H,3-7H2,1-2H3,(H,16,17,18). The molecule has 0 unspecified atom stereocenters. The van der Waals surface area contributed by atoms with Gasteiger partial charge in [0.05, 0.1) is 5.69 Å². The molecule has 3 rings (SSSR count). The van der Waals surface area contributed by atoms with E-state index in [0.29, 0.717) is 5.92 Å². The average Bonchev–Trinajstić information content (AvgIpc) is 2.98. The van der Waals surface area contributed by atoms with Gasteiger partial charge in [0.25, 0.3) is 0 Å². The molecule has 2 N–H and O–H groups in total. The van der Waals surface area contributed by atoms with Crippen LogP contribution in [0.4, 0.5) is 0 Å². The topological polar surface area (TPSA) is 53.6 Å². The molecular formula is C14H20N4. The lowest BCUT2D eigenvalue weighted by Gasteiger charge is -2.09. The molecule has 0 atom stereocenters. The van der Waals surface area contributed by atoms with Crippen LogP contribution in [0.25, 0.3) is 11.0 Å². The van der Waals surface area contributed by atoms with Crippen molar-refractivity contribution in [2.24, 2.45) is 0 Å². The lowest BCUT2D eigenvalue weighted by atomic mass is 10.1. The number of aromatic amines is 1. The molecule has 0 bridgehead atoms. The van der Waals surface area contributed by atoms with E-state index in [1.54, 1.807) is 0 Å². The van der Waals surface area contributed by atoms with E-state index in [2.05, 4.69) is 17.2 Å². The average molecular weight is 244 g/mol. The maximum Gasteiger partial charge on any atom is 0.141 e. The van der Waals surface area contributed by atoms with E-state index in [1.165, 1.54) is 36.6 Å². The maximum atomic E-state index is 4.74. The highest BCUT2D eigenvalue weighted by Gasteiger charge is 2.21. The first kappa shape index (κ1) is 11.7. The highest BCUT2D eigenvalue weighted by atomic mass is 15.0. The number of nitrogens with zero attached hydrogens (tertiary/aromatic N) is 2. The minimum atomic E-state index is 0.573. The minimum absolute atomic E-state index is 0.573. The Morgan fingerprint density at radius 1 is 1.33 bits per heavy atom. The highest BCUT2D eigenvalue weighted by Crippen LogP contribution is 2.33. The molecule has 4 heteroatoms. The quantitative estimate of drug-likeness (QED) is 0.872. The van der Waals surface area contributed by atoms with Crippen molar-refractivity contribution >= 4 is 11.0 Å². The molecule has 2 aromatic rings. The molecule has 2 aromatic heterocycles. The van der Waals surface area contributed by atoms with Crippen LogP contribution in [0, 0.1) is 6.92 Å². The molecule has 1 saturated carbocycles. The van der Waals surface area contributed by atoms with Gasteiger partial charge >= 0.3 is 0 Å². The van der Waals surface area contributed by atoms with Crippen molar-refractivity contribution in [3.63, 3.8) is 0 Å². The summed E-state index contributed by atoms with van der Waals surface area (Å²) in [6.07, 6.45) is 7.17. The van der Waals surface area contributed by atoms with E-state index in [-0.39, 0.29) is 0 Å². The molecule has 0 spiro atoms. The summed E-state index contributed by atoms with van der Waals surface area (Å²) in [4.78, 5) is 12.8. The summed E-state index contributed by atoms with van der Waals surface area (Å²) in [6, 6.07) is 0. The Balaban J connectivity index is 2.05. The van der Waals surface area contributed by atoms with Gasteiger partial charge in [0, 0.05) is 24.0 Å². The van der Waals surface area contributed by atoms with Gasteiger partial charge in [-0.25, -0.2) is 9.97 Å². The zero-order valence-electron chi connectivity index (χ0n) is 11.1. The van der Waals surface area contributed by atoms with Crippen LogP contribution < -0.4 is 5.32 Å². The van der Waals surface area contributed by atoms with Crippen LogP contribution in [-0.2, 0) is 6.54 Å². The van der Waals surface area contributed by atoms with Crippen LogP contribution in [-0.4, -0.2) is 22.0 Å². The molecule has 18 heavy (non-hydrogen) atoms. The van der Waals surface area contributed by atoms with Crippen LogP contribution in [0.3, 0.4) is 0 Å². The first-order chi connectivity index (χ1) is 8.79. The predicted octanol–water partition coefficient (Wildman–Crippen LogP) is 2.64. The smallest absolute Gasteiger partial charge is 0.141 e. The molecule has 0 radical (unpaired) electrons. The van der Waals surface area contributed by atoms with Gasteiger partial charge in [-0.15, -0.1) is 0 Å². The van der Waals surface area contributed by atoms with Gasteiger partial charge in [-0.3, -0.25) is 0 Å². The fourth-order valence-corrected chi connectivity index (χ4v) is 3.01. The summed E-state index contributed by atoms with van der Waals surface area (Å²) in [7, 11) is 1.96. The van der Waals surface area contributed by atoms with Crippen LogP contribution >= 0.6 is 0 Å². The molecule has 1 aliphatic carbocycles.